The lowest BCUT2D eigenvalue weighted by molar-refractivity contribution is -0.167. The minimum Gasteiger partial charge on any atom is -0.462 e. The number of benzene rings is 2. The van der Waals surface area contributed by atoms with Gasteiger partial charge in [-0.15, -0.1) is 0 Å². The van der Waals surface area contributed by atoms with E-state index in [2.05, 4.69) is 0 Å². The minimum atomic E-state index is -1.35. The second-order valence-corrected chi connectivity index (χ2v) is 7.60. The molecule has 0 aliphatic carbocycles. The molecular weight excluding hydrogens is 387 g/mol. The lowest BCUT2D eigenvalue weighted by atomic mass is 9.81. The van der Waals surface area contributed by atoms with Crippen LogP contribution in [0.25, 0.3) is 0 Å². The largest absolute Gasteiger partial charge is 0.462 e. The number of ketones is 1. The number of ether oxygens (including phenoxy) is 2. The Hall–Kier alpha value is -3.02. The standard InChI is InChI=1S/C24H27FO5/c1-15(2)29-23(27)22(24(28)30-16(3)4)20(17-10-12-19(25)13-11-17)14-21(26)18-8-6-5-7-9-18/h5-13,15-16,20,22H,14H2,1-4H3/t20-/m1/s1. The van der Waals surface area contributed by atoms with Gasteiger partial charge in [0.05, 0.1) is 12.2 Å². The summed E-state index contributed by atoms with van der Waals surface area (Å²) in [5.41, 5.74) is 0.935. The first-order chi connectivity index (χ1) is 14.2. The molecule has 1 atom stereocenters. The zero-order valence-corrected chi connectivity index (χ0v) is 17.6. The SMILES string of the molecule is CC(C)OC(=O)C(C(=O)OC(C)C)[C@H](CC(=O)c1ccccc1)c1ccc(F)cc1. The predicted molar refractivity (Wildman–Crippen MR) is 110 cm³/mol. The number of Topliss-reactive ketones (excluding diaryl/α,β-unsaturated/α-hetero) is 1. The molecule has 0 fully saturated rings. The van der Waals surface area contributed by atoms with Crippen molar-refractivity contribution in [2.45, 2.75) is 52.2 Å². The Morgan fingerprint density at radius 3 is 1.77 bits per heavy atom. The van der Waals surface area contributed by atoms with Gasteiger partial charge >= 0.3 is 11.9 Å². The van der Waals surface area contributed by atoms with E-state index in [0.717, 1.165) is 0 Å². The Morgan fingerprint density at radius 1 is 0.800 bits per heavy atom. The molecule has 0 aliphatic heterocycles. The van der Waals surface area contributed by atoms with Crippen LogP contribution in [0.5, 0.6) is 0 Å². The highest BCUT2D eigenvalue weighted by Gasteiger charge is 2.40. The molecule has 30 heavy (non-hydrogen) atoms. The van der Waals surface area contributed by atoms with Crippen molar-refractivity contribution in [3.8, 4) is 0 Å². The molecule has 6 heteroatoms. The van der Waals surface area contributed by atoms with Crippen LogP contribution >= 0.6 is 0 Å². The van der Waals surface area contributed by atoms with E-state index < -0.39 is 41.8 Å². The van der Waals surface area contributed by atoms with E-state index in [1.54, 1.807) is 58.0 Å². The summed E-state index contributed by atoms with van der Waals surface area (Å²) in [6.07, 6.45) is -1.04. The Balaban J connectivity index is 2.47. The van der Waals surface area contributed by atoms with Crippen LogP contribution in [0.4, 0.5) is 4.39 Å². The Bertz CT molecular complexity index is 837. The maximum Gasteiger partial charge on any atom is 0.321 e. The molecule has 160 valence electrons. The van der Waals surface area contributed by atoms with Gasteiger partial charge in [0.1, 0.15) is 5.82 Å². The molecule has 2 aromatic rings. The van der Waals surface area contributed by atoms with Crippen molar-refractivity contribution in [1.82, 2.24) is 0 Å². The first kappa shape index (κ1) is 23.3. The molecule has 0 unspecified atom stereocenters. The fraction of sp³-hybridized carbons (Fsp3) is 0.375. The van der Waals surface area contributed by atoms with Gasteiger partial charge in [-0.2, -0.15) is 0 Å². The second kappa shape index (κ2) is 10.7. The van der Waals surface area contributed by atoms with Crippen LogP contribution < -0.4 is 0 Å². The third kappa shape index (κ3) is 6.51. The van der Waals surface area contributed by atoms with Crippen molar-refractivity contribution in [2.75, 3.05) is 0 Å². The molecule has 0 bridgehead atoms. The summed E-state index contributed by atoms with van der Waals surface area (Å²) in [7, 11) is 0. The highest BCUT2D eigenvalue weighted by molar-refractivity contribution is 6.00. The lowest BCUT2D eigenvalue weighted by Crippen LogP contribution is -2.36. The summed E-state index contributed by atoms with van der Waals surface area (Å²) in [6.45, 7) is 6.69. The van der Waals surface area contributed by atoms with Crippen LogP contribution in [0, 0.1) is 11.7 Å². The topological polar surface area (TPSA) is 69.7 Å². The van der Waals surface area contributed by atoms with Gasteiger partial charge in [-0.3, -0.25) is 14.4 Å². The van der Waals surface area contributed by atoms with Crippen LogP contribution in [0.3, 0.4) is 0 Å². The molecule has 2 aromatic carbocycles. The Kier molecular flexibility index (Phi) is 8.27. The number of carbonyl (C=O) groups excluding carboxylic acids is 3. The summed E-state index contributed by atoms with van der Waals surface area (Å²) >= 11 is 0. The summed E-state index contributed by atoms with van der Waals surface area (Å²) in [4.78, 5) is 38.6. The average Bonchev–Trinajstić information content (AvgIpc) is 2.67. The summed E-state index contributed by atoms with van der Waals surface area (Å²) in [5.74, 6) is -4.47. The molecule has 0 amide bonds. The minimum absolute atomic E-state index is 0.138. The van der Waals surface area contributed by atoms with Crippen LogP contribution in [-0.4, -0.2) is 29.9 Å². The van der Waals surface area contributed by atoms with Crippen molar-refractivity contribution < 1.29 is 28.2 Å². The summed E-state index contributed by atoms with van der Waals surface area (Å²) in [5, 5.41) is 0. The Labute approximate surface area is 176 Å². The molecule has 2 rings (SSSR count). The van der Waals surface area contributed by atoms with E-state index in [-0.39, 0.29) is 12.2 Å². The van der Waals surface area contributed by atoms with Gasteiger partial charge in [-0.1, -0.05) is 42.5 Å². The van der Waals surface area contributed by atoms with E-state index in [9.17, 15) is 18.8 Å². The van der Waals surface area contributed by atoms with E-state index in [1.165, 1.54) is 24.3 Å². The fourth-order valence-electron chi connectivity index (χ4n) is 3.12. The first-order valence-corrected chi connectivity index (χ1v) is 9.93. The molecule has 0 heterocycles. The summed E-state index contributed by atoms with van der Waals surface area (Å²) < 4.78 is 24.1. The predicted octanol–water partition coefficient (Wildman–Crippen LogP) is 4.70. The fourth-order valence-corrected chi connectivity index (χ4v) is 3.12. The molecular formula is C24H27FO5. The molecule has 0 saturated heterocycles. The molecule has 0 N–H and O–H groups in total. The molecule has 0 aliphatic rings. The Morgan fingerprint density at radius 2 is 1.30 bits per heavy atom. The molecule has 5 nitrogen and oxygen atoms in total. The van der Waals surface area contributed by atoms with Crippen molar-refractivity contribution in [3.05, 3.63) is 71.5 Å². The third-order valence-electron chi connectivity index (χ3n) is 4.41. The van der Waals surface area contributed by atoms with Crippen molar-refractivity contribution in [2.24, 2.45) is 5.92 Å². The monoisotopic (exact) mass is 414 g/mol. The van der Waals surface area contributed by atoms with Gasteiger partial charge < -0.3 is 9.47 Å². The van der Waals surface area contributed by atoms with Crippen LogP contribution in [0.1, 0.15) is 56.0 Å². The smallest absolute Gasteiger partial charge is 0.321 e. The number of rotatable bonds is 9. The van der Waals surface area contributed by atoms with Crippen LogP contribution in [0.2, 0.25) is 0 Å². The number of carbonyl (C=O) groups is 3. The van der Waals surface area contributed by atoms with Crippen LogP contribution in [-0.2, 0) is 19.1 Å². The molecule has 0 spiro atoms. The van der Waals surface area contributed by atoms with E-state index >= 15 is 0 Å². The molecule has 0 radical (unpaired) electrons. The zero-order valence-electron chi connectivity index (χ0n) is 17.6. The average molecular weight is 414 g/mol. The lowest BCUT2D eigenvalue weighted by Gasteiger charge is -2.26. The molecule has 0 saturated carbocycles. The van der Waals surface area contributed by atoms with E-state index in [4.69, 9.17) is 9.47 Å². The van der Waals surface area contributed by atoms with Crippen LogP contribution in [0.15, 0.2) is 54.6 Å². The highest BCUT2D eigenvalue weighted by atomic mass is 19.1. The molecule has 0 aromatic heterocycles. The quantitative estimate of drug-likeness (QED) is 0.338. The maximum atomic E-state index is 13.5. The number of hydrogen-bond acceptors (Lipinski definition) is 5. The van der Waals surface area contributed by atoms with Gasteiger partial charge in [0.15, 0.2) is 11.7 Å². The number of halogens is 1. The van der Waals surface area contributed by atoms with Gasteiger partial charge in [-0.05, 0) is 45.4 Å². The van der Waals surface area contributed by atoms with Gasteiger partial charge in [0.25, 0.3) is 0 Å². The third-order valence-corrected chi connectivity index (χ3v) is 4.41. The van der Waals surface area contributed by atoms with Gasteiger partial charge in [0.2, 0.25) is 0 Å². The van der Waals surface area contributed by atoms with Crippen molar-refractivity contribution >= 4 is 17.7 Å². The van der Waals surface area contributed by atoms with E-state index in [0.29, 0.717) is 11.1 Å². The number of esters is 2. The normalized spacial score (nSPS) is 12.1. The highest BCUT2D eigenvalue weighted by Crippen LogP contribution is 2.33. The van der Waals surface area contributed by atoms with Crippen molar-refractivity contribution in [3.63, 3.8) is 0 Å². The zero-order chi connectivity index (χ0) is 22.3. The van der Waals surface area contributed by atoms with E-state index in [1.807, 2.05) is 0 Å². The first-order valence-electron chi connectivity index (χ1n) is 9.93. The second-order valence-electron chi connectivity index (χ2n) is 7.60. The number of hydrogen-bond donors (Lipinski definition) is 0. The van der Waals surface area contributed by atoms with Gasteiger partial charge in [-0.25, -0.2) is 4.39 Å². The van der Waals surface area contributed by atoms with Gasteiger partial charge in [0, 0.05) is 17.9 Å². The summed E-state index contributed by atoms with van der Waals surface area (Å²) in [6, 6.07) is 14.0. The maximum absolute atomic E-state index is 13.5. The van der Waals surface area contributed by atoms with Crippen molar-refractivity contribution in [1.29, 1.82) is 0 Å².